The highest BCUT2D eigenvalue weighted by Crippen LogP contribution is 2.28. The third-order valence-electron chi connectivity index (χ3n) is 4.04. The van der Waals surface area contributed by atoms with Gasteiger partial charge in [0.25, 0.3) is 0 Å². The minimum absolute atomic E-state index is 0.257. The van der Waals surface area contributed by atoms with Gasteiger partial charge in [-0.25, -0.2) is 15.0 Å². The van der Waals surface area contributed by atoms with Crippen molar-refractivity contribution in [2.75, 3.05) is 24.7 Å². The minimum atomic E-state index is 0.257. The molecule has 0 amide bonds. The number of hydrogen-bond donors (Lipinski definition) is 1. The molecule has 1 unspecified atom stereocenters. The second-order valence-electron chi connectivity index (χ2n) is 5.59. The number of nitrogens with one attached hydrogen (secondary N) is 1. The molecule has 1 atom stereocenters. The lowest BCUT2D eigenvalue weighted by Crippen LogP contribution is -2.44. The van der Waals surface area contributed by atoms with Gasteiger partial charge < -0.3 is 14.6 Å². The Morgan fingerprint density at radius 1 is 1.35 bits per heavy atom. The molecule has 0 bridgehead atoms. The van der Waals surface area contributed by atoms with Crippen molar-refractivity contribution in [1.29, 1.82) is 0 Å². The van der Waals surface area contributed by atoms with Gasteiger partial charge in [-0.2, -0.15) is 0 Å². The van der Waals surface area contributed by atoms with Gasteiger partial charge in [0.15, 0.2) is 5.82 Å². The maximum atomic E-state index is 6.26. The molecule has 4 heterocycles. The molecular formula is C16H16ClN5O. The number of anilines is 1. The molecule has 1 aliphatic rings. The van der Waals surface area contributed by atoms with Crippen LogP contribution in [0.4, 0.5) is 5.82 Å². The Kier molecular flexibility index (Phi) is 3.63. The van der Waals surface area contributed by atoms with E-state index in [2.05, 4.69) is 26.8 Å². The normalized spacial score (nSPS) is 18.5. The van der Waals surface area contributed by atoms with Gasteiger partial charge in [-0.15, -0.1) is 0 Å². The summed E-state index contributed by atoms with van der Waals surface area (Å²) >= 11 is 6.26. The zero-order chi connectivity index (χ0) is 15.8. The summed E-state index contributed by atoms with van der Waals surface area (Å²) in [7, 11) is 0. The molecule has 1 N–H and O–H groups in total. The van der Waals surface area contributed by atoms with Gasteiger partial charge in [0.1, 0.15) is 16.6 Å². The number of halogens is 1. The number of aromatic nitrogens is 4. The average Bonchev–Trinajstić information content (AvgIpc) is 3.03. The molecule has 1 saturated heterocycles. The maximum Gasteiger partial charge on any atom is 0.163 e. The lowest BCUT2D eigenvalue weighted by molar-refractivity contribution is 0.0985. The van der Waals surface area contributed by atoms with Gasteiger partial charge in [-0.3, -0.25) is 0 Å². The Morgan fingerprint density at radius 3 is 3.13 bits per heavy atom. The van der Waals surface area contributed by atoms with E-state index in [0.29, 0.717) is 24.2 Å². The lowest BCUT2D eigenvalue weighted by atomic mass is 10.1. The molecule has 0 aliphatic carbocycles. The van der Waals surface area contributed by atoms with Crippen LogP contribution in [0.25, 0.3) is 22.4 Å². The van der Waals surface area contributed by atoms with Crippen molar-refractivity contribution in [1.82, 2.24) is 19.9 Å². The number of fused-ring (bicyclic) bond motifs is 1. The van der Waals surface area contributed by atoms with Crippen LogP contribution >= 0.6 is 11.6 Å². The van der Waals surface area contributed by atoms with Crippen molar-refractivity contribution in [3.63, 3.8) is 0 Å². The van der Waals surface area contributed by atoms with Crippen molar-refractivity contribution in [2.45, 2.75) is 13.0 Å². The van der Waals surface area contributed by atoms with Crippen molar-refractivity contribution in [3.05, 3.63) is 35.7 Å². The summed E-state index contributed by atoms with van der Waals surface area (Å²) < 4.78 is 5.50. The summed E-state index contributed by atoms with van der Waals surface area (Å²) in [5.74, 6) is 1.44. The van der Waals surface area contributed by atoms with Crippen LogP contribution in [-0.4, -0.2) is 45.7 Å². The standard InChI is InChI=1S/C16H16ClN5O/c1-10-9-23-7-6-22(10)14-8-13(17)20-16(21-14)12-3-5-19-15-11(12)2-4-18-15/h2-5,8,10H,6-7,9H2,1H3,(H,18,19). The fourth-order valence-corrected chi connectivity index (χ4v) is 3.07. The lowest BCUT2D eigenvalue weighted by Gasteiger charge is -2.34. The van der Waals surface area contributed by atoms with Gasteiger partial charge in [-0.1, -0.05) is 11.6 Å². The van der Waals surface area contributed by atoms with Crippen LogP contribution in [0.2, 0.25) is 5.15 Å². The van der Waals surface area contributed by atoms with E-state index < -0.39 is 0 Å². The van der Waals surface area contributed by atoms with Gasteiger partial charge in [-0.05, 0) is 19.1 Å². The highest BCUT2D eigenvalue weighted by Gasteiger charge is 2.22. The van der Waals surface area contributed by atoms with E-state index in [4.69, 9.17) is 21.3 Å². The van der Waals surface area contributed by atoms with E-state index in [1.54, 1.807) is 6.20 Å². The van der Waals surface area contributed by atoms with E-state index in [1.807, 2.05) is 24.4 Å². The molecule has 23 heavy (non-hydrogen) atoms. The number of ether oxygens (including phenoxy) is 1. The first kappa shape index (κ1) is 14.4. The number of aromatic amines is 1. The summed E-state index contributed by atoms with van der Waals surface area (Å²) in [6.45, 7) is 4.29. The van der Waals surface area contributed by atoms with Gasteiger partial charge in [0.05, 0.1) is 19.3 Å². The second-order valence-corrected chi connectivity index (χ2v) is 5.98. The van der Waals surface area contributed by atoms with E-state index >= 15 is 0 Å². The first-order valence-corrected chi connectivity index (χ1v) is 7.91. The highest BCUT2D eigenvalue weighted by atomic mass is 35.5. The molecular weight excluding hydrogens is 314 g/mol. The van der Waals surface area contributed by atoms with Gasteiger partial charge >= 0.3 is 0 Å². The fraction of sp³-hybridized carbons (Fsp3) is 0.312. The fourth-order valence-electron chi connectivity index (χ4n) is 2.90. The Balaban J connectivity index is 1.82. The Bertz CT molecular complexity index is 849. The zero-order valence-corrected chi connectivity index (χ0v) is 13.4. The van der Waals surface area contributed by atoms with E-state index in [9.17, 15) is 0 Å². The third kappa shape index (κ3) is 2.64. The molecule has 0 saturated carbocycles. The van der Waals surface area contributed by atoms with Crippen molar-refractivity contribution < 1.29 is 4.74 Å². The predicted octanol–water partition coefficient (Wildman–Crippen LogP) is 2.90. The number of H-pyrrole nitrogens is 1. The summed E-state index contributed by atoms with van der Waals surface area (Å²) in [5.41, 5.74) is 1.73. The van der Waals surface area contributed by atoms with Crippen LogP contribution in [-0.2, 0) is 4.74 Å². The summed E-state index contributed by atoms with van der Waals surface area (Å²) in [6, 6.07) is 5.95. The largest absolute Gasteiger partial charge is 0.377 e. The number of hydrogen-bond acceptors (Lipinski definition) is 5. The number of morpholine rings is 1. The highest BCUT2D eigenvalue weighted by molar-refractivity contribution is 6.29. The molecule has 4 rings (SSSR count). The third-order valence-corrected chi connectivity index (χ3v) is 4.24. The van der Waals surface area contributed by atoms with Gasteiger partial charge in [0, 0.05) is 36.0 Å². The van der Waals surface area contributed by atoms with Crippen molar-refractivity contribution >= 4 is 28.5 Å². The maximum absolute atomic E-state index is 6.26. The SMILES string of the molecule is CC1COCCN1c1cc(Cl)nc(-c2ccnc3[nH]ccc23)n1. The molecule has 1 aliphatic heterocycles. The van der Waals surface area contributed by atoms with E-state index in [-0.39, 0.29) is 6.04 Å². The zero-order valence-electron chi connectivity index (χ0n) is 12.7. The molecule has 3 aromatic rings. The molecule has 0 aromatic carbocycles. The monoisotopic (exact) mass is 329 g/mol. The second kappa shape index (κ2) is 5.79. The molecule has 0 spiro atoms. The van der Waals surface area contributed by atoms with Crippen LogP contribution in [0, 0.1) is 0 Å². The topological polar surface area (TPSA) is 66.9 Å². The van der Waals surface area contributed by atoms with Crippen molar-refractivity contribution in [3.8, 4) is 11.4 Å². The van der Waals surface area contributed by atoms with Crippen LogP contribution in [0.1, 0.15) is 6.92 Å². The average molecular weight is 330 g/mol. The van der Waals surface area contributed by atoms with E-state index in [1.165, 1.54) is 0 Å². The van der Waals surface area contributed by atoms with Crippen LogP contribution in [0.15, 0.2) is 30.6 Å². The molecule has 6 nitrogen and oxygen atoms in total. The Morgan fingerprint density at radius 2 is 2.26 bits per heavy atom. The Hall–Kier alpha value is -2.18. The molecule has 1 fully saturated rings. The van der Waals surface area contributed by atoms with E-state index in [0.717, 1.165) is 29.0 Å². The smallest absolute Gasteiger partial charge is 0.163 e. The minimum Gasteiger partial charge on any atom is -0.377 e. The summed E-state index contributed by atoms with van der Waals surface area (Å²) in [5, 5.41) is 1.42. The first-order valence-electron chi connectivity index (χ1n) is 7.54. The molecule has 118 valence electrons. The van der Waals surface area contributed by atoms with Crippen LogP contribution < -0.4 is 4.90 Å². The number of rotatable bonds is 2. The van der Waals surface area contributed by atoms with Gasteiger partial charge in [0.2, 0.25) is 0 Å². The Labute approximate surface area is 138 Å². The number of nitrogens with zero attached hydrogens (tertiary/aromatic N) is 4. The number of pyridine rings is 1. The van der Waals surface area contributed by atoms with Crippen LogP contribution in [0.3, 0.4) is 0 Å². The molecule has 3 aromatic heterocycles. The molecule has 0 radical (unpaired) electrons. The first-order chi connectivity index (χ1) is 11.2. The van der Waals surface area contributed by atoms with Crippen molar-refractivity contribution in [2.24, 2.45) is 0 Å². The van der Waals surface area contributed by atoms with Crippen LogP contribution in [0.5, 0.6) is 0 Å². The molecule has 7 heteroatoms. The predicted molar refractivity (Wildman–Crippen MR) is 89.8 cm³/mol. The quantitative estimate of drug-likeness (QED) is 0.732. The summed E-state index contributed by atoms with van der Waals surface area (Å²) in [6.07, 6.45) is 3.60. The summed E-state index contributed by atoms with van der Waals surface area (Å²) in [4.78, 5) is 18.8.